The highest BCUT2D eigenvalue weighted by atomic mass is 32.1. The second kappa shape index (κ2) is 10.0. The Hall–Kier alpha value is -2.69. The predicted octanol–water partition coefficient (Wildman–Crippen LogP) is 3.87. The third-order valence-electron chi connectivity index (χ3n) is 4.48. The van der Waals surface area contributed by atoms with Crippen molar-refractivity contribution < 1.29 is 9.53 Å². The predicted molar refractivity (Wildman–Crippen MR) is 112 cm³/mol. The van der Waals surface area contributed by atoms with E-state index in [0.29, 0.717) is 18.9 Å². The maximum Gasteiger partial charge on any atom is 0.266 e. The molecule has 0 saturated carbocycles. The minimum absolute atomic E-state index is 0.0623. The minimum Gasteiger partial charge on any atom is -0.378 e. The lowest BCUT2D eigenvalue weighted by molar-refractivity contribution is -0.112. The minimum atomic E-state index is -0.412. The molecule has 1 aliphatic rings. The summed E-state index contributed by atoms with van der Waals surface area (Å²) in [6.45, 7) is 5.14. The Balaban J connectivity index is 1.64. The van der Waals surface area contributed by atoms with E-state index in [2.05, 4.69) is 22.1 Å². The molecule has 7 heteroatoms. The van der Waals surface area contributed by atoms with Crippen LogP contribution in [-0.4, -0.2) is 37.2 Å². The van der Waals surface area contributed by atoms with Crippen molar-refractivity contribution in [3.63, 3.8) is 0 Å². The van der Waals surface area contributed by atoms with Gasteiger partial charge in [0.25, 0.3) is 5.91 Å². The number of unbranched alkanes of at least 4 members (excludes halogenated alkanes) is 1. The number of ether oxygens (including phenoxy) is 1. The van der Waals surface area contributed by atoms with Gasteiger partial charge in [-0.05, 0) is 36.6 Å². The van der Waals surface area contributed by atoms with Gasteiger partial charge in [0.2, 0.25) is 0 Å². The van der Waals surface area contributed by atoms with Crippen LogP contribution in [-0.2, 0) is 16.0 Å². The van der Waals surface area contributed by atoms with Crippen molar-refractivity contribution >= 4 is 34.1 Å². The van der Waals surface area contributed by atoms with Crippen LogP contribution in [0, 0.1) is 11.3 Å². The van der Waals surface area contributed by atoms with Crippen LogP contribution in [0.1, 0.15) is 30.2 Å². The molecule has 2 heterocycles. The average molecular weight is 397 g/mol. The van der Waals surface area contributed by atoms with Gasteiger partial charge in [0, 0.05) is 25.0 Å². The zero-order valence-corrected chi connectivity index (χ0v) is 16.8. The van der Waals surface area contributed by atoms with Crippen LogP contribution in [0.3, 0.4) is 0 Å². The summed E-state index contributed by atoms with van der Waals surface area (Å²) < 4.78 is 5.35. The van der Waals surface area contributed by atoms with Gasteiger partial charge in [-0.2, -0.15) is 5.26 Å². The van der Waals surface area contributed by atoms with Gasteiger partial charge < -0.3 is 15.0 Å². The summed E-state index contributed by atoms with van der Waals surface area (Å²) in [6.07, 6.45) is 6.62. The number of aromatic nitrogens is 1. The summed E-state index contributed by atoms with van der Waals surface area (Å²) in [5.41, 5.74) is 1.99. The molecule has 146 valence electrons. The number of morpholine rings is 1. The molecule has 0 unspecified atom stereocenters. The summed E-state index contributed by atoms with van der Waals surface area (Å²) in [4.78, 5) is 19.8. The van der Waals surface area contributed by atoms with E-state index < -0.39 is 5.91 Å². The summed E-state index contributed by atoms with van der Waals surface area (Å²) in [5.74, 6) is -0.412. The van der Waals surface area contributed by atoms with Crippen LogP contribution in [0.15, 0.2) is 36.0 Å². The quantitative estimate of drug-likeness (QED) is 0.568. The van der Waals surface area contributed by atoms with Crippen molar-refractivity contribution in [2.75, 3.05) is 36.5 Å². The second-order valence-corrected chi connectivity index (χ2v) is 7.61. The fourth-order valence-corrected chi connectivity index (χ4v) is 3.78. The molecule has 3 rings (SSSR count). The number of thiazole rings is 1. The number of hydrogen-bond donors (Lipinski definition) is 1. The summed E-state index contributed by atoms with van der Waals surface area (Å²) >= 11 is 1.47. The standard InChI is InChI=1S/C21H24N4O2S/c1-2-3-4-16-5-7-18(8-6-16)24-20(26)17(14-22)13-19-15-23-21(28-19)25-9-11-27-12-10-25/h5-8,13,15H,2-4,9-12H2,1H3,(H,24,26)/b17-13-. The molecular weight excluding hydrogens is 372 g/mol. The van der Waals surface area contributed by atoms with Crippen LogP contribution >= 0.6 is 11.3 Å². The molecule has 0 bridgehead atoms. The Labute approximate surface area is 169 Å². The van der Waals surface area contributed by atoms with Crippen LogP contribution in [0.2, 0.25) is 0 Å². The van der Waals surface area contributed by atoms with E-state index >= 15 is 0 Å². The van der Waals surface area contributed by atoms with E-state index in [1.165, 1.54) is 16.9 Å². The first-order valence-electron chi connectivity index (χ1n) is 9.50. The molecule has 0 atom stereocenters. The lowest BCUT2D eigenvalue weighted by atomic mass is 10.1. The molecule has 2 aromatic rings. The van der Waals surface area contributed by atoms with Crippen molar-refractivity contribution in [3.05, 3.63) is 46.5 Å². The first kappa shape index (κ1) is 20.1. The van der Waals surface area contributed by atoms with E-state index in [1.807, 2.05) is 30.3 Å². The maximum absolute atomic E-state index is 12.5. The van der Waals surface area contributed by atoms with Crippen molar-refractivity contribution in [2.45, 2.75) is 26.2 Å². The average Bonchev–Trinajstić information content (AvgIpc) is 3.21. The van der Waals surface area contributed by atoms with Crippen molar-refractivity contribution in [3.8, 4) is 6.07 Å². The molecule has 6 nitrogen and oxygen atoms in total. The van der Waals surface area contributed by atoms with Gasteiger partial charge in [0.1, 0.15) is 11.6 Å². The number of nitrogens with one attached hydrogen (secondary N) is 1. The number of amides is 1. The Bertz CT molecular complexity index is 861. The van der Waals surface area contributed by atoms with Crippen molar-refractivity contribution in [1.82, 2.24) is 4.98 Å². The number of hydrogen-bond acceptors (Lipinski definition) is 6. The Morgan fingerprint density at radius 2 is 2.11 bits per heavy atom. The SMILES string of the molecule is CCCCc1ccc(NC(=O)/C(C#N)=C\c2cnc(N3CCOCC3)s2)cc1. The molecular formula is C21H24N4O2S. The monoisotopic (exact) mass is 396 g/mol. The normalized spacial score (nSPS) is 14.6. The smallest absolute Gasteiger partial charge is 0.266 e. The molecule has 0 radical (unpaired) electrons. The summed E-state index contributed by atoms with van der Waals surface area (Å²) in [7, 11) is 0. The molecule has 1 N–H and O–H groups in total. The highest BCUT2D eigenvalue weighted by molar-refractivity contribution is 7.16. The molecule has 0 spiro atoms. The number of nitrogens with zero attached hydrogens (tertiary/aromatic N) is 3. The largest absolute Gasteiger partial charge is 0.378 e. The summed E-state index contributed by atoms with van der Waals surface area (Å²) in [5, 5.41) is 13.1. The Morgan fingerprint density at radius 1 is 1.36 bits per heavy atom. The zero-order chi connectivity index (χ0) is 19.8. The Morgan fingerprint density at radius 3 is 2.79 bits per heavy atom. The number of aryl methyl sites for hydroxylation is 1. The molecule has 1 saturated heterocycles. The topological polar surface area (TPSA) is 78.2 Å². The number of nitriles is 1. The van der Waals surface area contributed by atoms with Crippen LogP contribution < -0.4 is 10.2 Å². The lowest BCUT2D eigenvalue weighted by Crippen LogP contribution is -2.36. The highest BCUT2D eigenvalue weighted by Gasteiger charge is 2.15. The molecule has 1 fully saturated rings. The van der Waals surface area contributed by atoms with Gasteiger partial charge in [-0.25, -0.2) is 4.98 Å². The van der Waals surface area contributed by atoms with E-state index in [4.69, 9.17) is 4.74 Å². The first-order valence-corrected chi connectivity index (χ1v) is 10.3. The first-order chi connectivity index (χ1) is 13.7. The number of rotatable bonds is 7. The van der Waals surface area contributed by atoms with Crippen molar-refractivity contribution in [1.29, 1.82) is 5.26 Å². The number of carbonyl (C=O) groups excluding carboxylic acids is 1. The molecule has 1 aromatic carbocycles. The van der Waals surface area contributed by atoms with Crippen LogP contribution in [0.5, 0.6) is 0 Å². The van der Waals surface area contributed by atoms with E-state index in [1.54, 1.807) is 12.3 Å². The van der Waals surface area contributed by atoms with Crippen LogP contribution in [0.25, 0.3) is 6.08 Å². The molecule has 0 aliphatic carbocycles. The highest BCUT2D eigenvalue weighted by Crippen LogP contribution is 2.25. The number of carbonyl (C=O) groups is 1. The van der Waals surface area contributed by atoms with E-state index in [-0.39, 0.29) is 5.57 Å². The van der Waals surface area contributed by atoms with Gasteiger partial charge >= 0.3 is 0 Å². The van der Waals surface area contributed by atoms with Gasteiger partial charge in [0.05, 0.1) is 18.1 Å². The Kier molecular flexibility index (Phi) is 7.18. The number of anilines is 2. The van der Waals surface area contributed by atoms with Gasteiger partial charge in [-0.3, -0.25) is 4.79 Å². The molecule has 1 aromatic heterocycles. The van der Waals surface area contributed by atoms with Gasteiger partial charge in [-0.1, -0.05) is 36.8 Å². The zero-order valence-electron chi connectivity index (χ0n) is 16.0. The summed E-state index contributed by atoms with van der Waals surface area (Å²) in [6, 6.07) is 9.77. The maximum atomic E-state index is 12.5. The number of benzene rings is 1. The van der Waals surface area contributed by atoms with Crippen LogP contribution in [0.4, 0.5) is 10.8 Å². The fraction of sp³-hybridized carbons (Fsp3) is 0.381. The molecule has 1 amide bonds. The van der Waals surface area contributed by atoms with Crippen molar-refractivity contribution in [2.24, 2.45) is 0 Å². The molecule has 1 aliphatic heterocycles. The second-order valence-electron chi connectivity index (χ2n) is 6.57. The fourth-order valence-electron chi connectivity index (χ4n) is 2.87. The van der Waals surface area contributed by atoms with Gasteiger partial charge in [0.15, 0.2) is 5.13 Å². The lowest BCUT2D eigenvalue weighted by Gasteiger charge is -2.25. The van der Waals surface area contributed by atoms with E-state index in [9.17, 15) is 10.1 Å². The molecule has 28 heavy (non-hydrogen) atoms. The van der Waals surface area contributed by atoms with Gasteiger partial charge in [-0.15, -0.1) is 0 Å². The van der Waals surface area contributed by atoms with E-state index in [0.717, 1.165) is 42.4 Å². The third kappa shape index (κ3) is 5.41. The third-order valence-corrected chi connectivity index (χ3v) is 5.48.